The van der Waals surface area contributed by atoms with E-state index in [0.717, 1.165) is 16.1 Å². The van der Waals surface area contributed by atoms with Crippen molar-refractivity contribution < 1.29 is 14.7 Å². The molecule has 0 atom stereocenters. The number of thiazole rings is 1. The van der Waals surface area contributed by atoms with Crippen molar-refractivity contribution in [3.8, 4) is 0 Å². The van der Waals surface area contributed by atoms with Crippen LogP contribution in [0.1, 0.15) is 37.0 Å². The predicted octanol–water partition coefficient (Wildman–Crippen LogP) is 1.46. The number of carboxylic acids is 1. The predicted molar refractivity (Wildman–Crippen MR) is 77.0 cm³/mol. The lowest BCUT2D eigenvalue weighted by Crippen LogP contribution is -2.25. The van der Waals surface area contributed by atoms with E-state index in [4.69, 9.17) is 10.8 Å². The molecular formula is C14H13N3O3S. The van der Waals surface area contributed by atoms with Crippen LogP contribution in [0.4, 0.5) is 0 Å². The number of aromatic carboxylic acids is 1. The Bertz CT molecular complexity index is 726. The number of hydrogen-bond acceptors (Lipinski definition) is 5. The van der Waals surface area contributed by atoms with E-state index in [1.165, 1.54) is 11.3 Å². The highest BCUT2D eigenvalue weighted by atomic mass is 32.1. The lowest BCUT2D eigenvalue weighted by molar-refractivity contribution is 0.0696. The van der Waals surface area contributed by atoms with Crippen LogP contribution in [0.25, 0.3) is 0 Å². The first-order valence-corrected chi connectivity index (χ1v) is 7.25. The van der Waals surface area contributed by atoms with E-state index in [2.05, 4.69) is 4.98 Å². The molecule has 7 heteroatoms. The monoisotopic (exact) mass is 303 g/mol. The highest BCUT2D eigenvalue weighted by Crippen LogP contribution is 2.25. The maximum atomic E-state index is 12.4. The zero-order chi connectivity index (χ0) is 15.0. The number of fused-ring (bicyclic) bond motifs is 1. The zero-order valence-corrected chi connectivity index (χ0v) is 11.9. The van der Waals surface area contributed by atoms with Crippen molar-refractivity contribution in [3.05, 3.63) is 51.0 Å². The fourth-order valence-corrected chi connectivity index (χ4v) is 2.98. The van der Waals surface area contributed by atoms with Crippen LogP contribution in [0.5, 0.6) is 0 Å². The molecule has 2 heterocycles. The van der Waals surface area contributed by atoms with Gasteiger partial charge in [0.2, 0.25) is 0 Å². The van der Waals surface area contributed by atoms with Crippen molar-refractivity contribution in [3.63, 3.8) is 0 Å². The molecule has 21 heavy (non-hydrogen) atoms. The number of nitrogens with two attached hydrogens (primary N) is 1. The van der Waals surface area contributed by atoms with E-state index in [9.17, 15) is 9.59 Å². The number of carbonyl (C=O) groups is 2. The molecule has 2 aromatic rings. The van der Waals surface area contributed by atoms with Crippen molar-refractivity contribution in [2.75, 3.05) is 0 Å². The quantitative estimate of drug-likeness (QED) is 0.894. The number of rotatable bonds is 3. The fourth-order valence-electron chi connectivity index (χ4n) is 2.34. The Morgan fingerprint density at radius 2 is 2.10 bits per heavy atom. The van der Waals surface area contributed by atoms with Crippen LogP contribution in [0.2, 0.25) is 0 Å². The highest BCUT2D eigenvalue weighted by Gasteiger charge is 2.26. The molecule has 1 aliphatic rings. The molecule has 108 valence electrons. The minimum Gasteiger partial charge on any atom is -0.478 e. The van der Waals surface area contributed by atoms with Gasteiger partial charge < -0.3 is 15.7 Å². The average molecular weight is 303 g/mol. The van der Waals surface area contributed by atoms with Gasteiger partial charge in [0.15, 0.2) is 0 Å². The molecule has 0 bridgehead atoms. The van der Waals surface area contributed by atoms with Gasteiger partial charge in [-0.3, -0.25) is 4.79 Å². The van der Waals surface area contributed by atoms with E-state index in [0.29, 0.717) is 25.3 Å². The first-order valence-electron chi connectivity index (χ1n) is 6.37. The molecule has 6 nitrogen and oxygen atoms in total. The minimum atomic E-state index is -0.963. The van der Waals surface area contributed by atoms with Gasteiger partial charge in [0.25, 0.3) is 5.91 Å². The molecular weight excluding hydrogens is 290 g/mol. The highest BCUT2D eigenvalue weighted by molar-refractivity contribution is 7.09. The van der Waals surface area contributed by atoms with Crippen LogP contribution in [-0.2, 0) is 19.6 Å². The molecule has 0 saturated heterocycles. The molecule has 1 aliphatic heterocycles. The summed E-state index contributed by atoms with van der Waals surface area (Å²) in [7, 11) is 0. The van der Waals surface area contributed by atoms with Crippen molar-refractivity contribution in [1.29, 1.82) is 0 Å². The van der Waals surface area contributed by atoms with Crippen molar-refractivity contribution in [1.82, 2.24) is 9.88 Å². The van der Waals surface area contributed by atoms with Crippen LogP contribution >= 0.6 is 11.3 Å². The lowest BCUT2D eigenvalue weighted by Gasteiger charge is -2.13. The van der Waals surface area contributed by atoms with E-state index in [1.54, 1.807) is 28.5 Å². The van der Waals surface area contributed by atoms with Gasteiger partial charge in [0, 0.05) is 25.0 Å². The van der Waals surface area contributed by atoms with Crippen LogP contribution in [0, 0.1) is 0 Å². The molecule has 0 saturated carbocycles. The van der Waals surface area contributed by atoms with Crippen LogP contribution in [0.3, 0.4) is 0 Å². The largest absolute Gasteiger partial charge is 0.478 e. The van der Waals surface area contributed by atoms with Gasteiger partial charge in [0.1, 0.15) is 10.7 Å². The fraction of sp³-hybridized carbons (Fsp3) is 0.214. The minimum absolute atomic E-state index is 0.154. The van der Waals surface area contributed by atoms with E-state index < -0.39 is 5.97 Å². The van der Waals surface area contributed by atoms with Gasteiger partial charge in [-0.05, 0) is 23.3 Å². The number of carboxylic acid groups (broad SMARTS) is 1. The number of amides is 1. The molecule has 0 radical (unpaired) electrons. The Kier molecular flexibility index (Phi) is 3.44. The van der Waals surface area contributed by atoms with Crippen LogP contribution < -0.4 is 5.73 Å². The van der Waals surface area contributed by atoms with Crippen LogP contribution in [0.15, 0.2) is 23.6 Å². The molecule has 1 aromatic carbocycles. The third kappa shape index (κ3) is 2.53. The van der Waals surface area contributed by atoms with Gasteiger partial charge in [-0.2, -0.15) is 0 Å². The molecule has 0 spiro atoms. The molecule has 0 fully saturated rings. The zero-order valence-electron chi connectivity index (χ0n) is 11.1. The SMILES string of the molecule is NCc1nc(C(=O)N2Cc3ccc(C(=O)O)cc3C2)cs1. The van der Waals surface area contributed by atoms with E-state index in [1.807, 2.05) is 0 Å². The Morgan fingerprint density at radius 1 is 1.33 bits per heavy atom. The number of carbonyl (C=O) groups excluding carboxylic acids is 1. The summed E-state index contributed by atoms with van der Waals surface area (Å²) in [5.74, 6) is -1.12. The number of hydrogen-bond donors (Lipinski definition) is 2. The third-order valence-electron chi connectivity index (χ3n) is 3.41. The molecule has 3 rings (SSSR count). The number of benzene rings is 1. The van der Waals surface area contributed by atoms with Gasteiger partial charge in [-0.25, -0.2) is 9.78 Å². The van der Waals surface area contributed by atoms with E-state index >= 15 is 0 Å². The molecule has 1 amide bonds. The maximum absolute atomic E-state index is 12.4. The Labute approximate surface area is 124 Å². The lowest BCUT2D eigenvalue weighted by atomic mass is 10.1. The summed E-state index contributed by atoms with van der Waals surface area (Å²) in [4.78, 5) is 29.2. The second kappa shape index (κ2) is 5.27. The van der Waals surface area contributed by atoms with Crippen molar-refractivity contribution in [2.24, 2.45) is 5.73 Å². The standard InChI is InChI=1S/C14H13N3O3S/c15-4-12-16-11(7-21-12)13(18)17-5-9-2-1-8(14(19)20)3-10(9)6-17/h1-3,7H,4-6,15H2,(H,19,20). The summed E-state index contributed by atoms with van der Waals surface area (Å²) in [6.45, 7) is 1.20. The summed E-state index contributed by atoms with van der Waals surface area (Å²) >= 11 is 1.37. The number of aromatic nitrogens is 1. The van der Waals surface area contributed by atoms with E-state index in [-0.39, 0.29) is 11.5 Å². The average Bonchev–Trinajstić information content (AvgIpc) is 3.11. The molecule has 0 aliphatic carbocycles. The Hall–Kier alpha value is -2.25. The maximum Gasteiger partial charge on any atom is 0.335 e. The van der Waals surface area contributed by atoms with Gasteiger partial charge in [-0.15, -0.1) is 11.3 Å². The Balaban J connectivity index is 1.80. The summed E-state index contributed by atoms with van der Waals surface area (Å²) in [5.41, 5.74) is 7.98. The van der Waals surface area contributed by atoms with Crippen molar-refractivity contribution >= 4 is 23.2 Å². The van der Waals surface area contributed by atoms with Gasteiger partial charge in [0.05, 0.1) is 5.56 Å². The molecule has 3 N–H and O–H groups in total. The van der Waals surface area contributed by atoms with Gasteiger partial charge >= 0.3 is 5.97 Å². The molecule has 1 aromatic heterocycles. The Morgan fingerprint density at radius 3 is 2.76 bits per heavy atom. The topological polar surface area (TPSA) is 96.5 Å². The smallest absolute Gasteiger partial charge is 0.335 e. The second-order valence-electron chi connectivity index (χ2n) is 4.78. The normalized spacial score (nSPS) is 13.3. The van der Waals surface area contributed by atoms with Gasteiger partial charge in [-0.1, -0.05) is 6.07 Å². The van der Waals surface area contributed by atoms with Crippen molar-refractivity contribution in [2.45, 2.75) is 19.6 Å². The van der Waals surface area contributed by atoms with Crippen LogP contribution in [-0.4, -0.2) is 26.9 Å². The first kappa shape index (κ1) is 13.7. The first-order chi connectivity index (χ1) is 10.1. The summed E-state index contributed by atoms with van der Waals surface area (Å²) in [6.07, 6.45) is 0. The summed E-state index contributed by atoms with van der Waals surface area (Å²) in [6, 6.07) is 4.94. The third-order valence-corrected chi connectivity index (χ3v) is 4.28. The second-order valence-corrected chi connectivity index (χ2v) is 5.72. The summed E-state index contributed by atoms with van der Waals surface area (Å²) in [5, 5.41) is 11.4. The summed E-state index contributed by atoms with van der Waals surface area (Å²) < 4.78 is 0. The number of nitrogens with zero attached hydrogens (tertiary/aromatic N) is 2. The molecule has 0 unspecified atom stereocenters.